The van der Waals surface area contributed by atoms with Gasteiger partial charge in [0.05, 0.1) is 6.61 Å². The van der Waals surface area contributed by atoms with Crippen molar-refractivity contribution in [3.8, 4) is 5.69 Å². The lowest BCUT2D eigenvalue weighted by Crippen LogP contribution is -2.26. The standard InChI is InChI=1S/C14H17FN4O/c1-10(11-4-5-20-7-11)18-12-2-3-14(13(15)6-12)19-9-16-8-17-19/h2-3,6,8-11,18H,4-5,7H2,1H3. The van der Waals surface area contributed by atoms with Crippen LogP contribution in [0.2, 0.25) is 0 Å². The predicted molar refractivity (Wildman–Crippen MR) is 73.3 cm³/mol. The van der Waals surface area contributed by atoms with Crippen molar-refractivity contribution in [3.63, 3.8) is 0 Å². The first-order chi connectivity index (χ1) is 9.74. The summed E-state index contributed by atoms with van der Waals surface area (Å²) in [5.41, 5.74) is 1.16. The van der Waals surface area contributed by atoms with Gasteiger partial charge in [-0.3, -0.25) is 0 Å². The summed E-state index contributed by atoms with van der Waals surface area (Å²) in [6.45, 7) is 3.69. The molecule has 3 rings (SSSR count). The van der Waals surface area contributed by atoms with Crippen LogP contribution in [0, 0.1) is 11.7 Å². The molecule has 0 bridgehead atoms. The van der Waals surface area contributed by atoms with E-state index < -0.39 is 0 Å². The Morgan fingerprint density at radius 1 is 1.50 bits per heavy atom. The van der Waals surface area contributed by atoms with Gasteiger partial charge >= 0.3 is 0 Å². The molecule has 2 aromatic rings. The lowest BCUT2D eigenvalue weighted by atomic mass is 10.0. The van der Waals surface area contributed by atoms with E-state index >= 15 is 0 Å². The van der Waals surface area contributed by atoms with Crippen LogP contribution in [0.5, 0.6) is 0 Å². The number of aromatic nitrogens is 3. The Bertz CT molecular complexity index is 567. The number of nitrogens with one attached hydrogen (secondary N) is 1. The van der Waals surface area contributed by atoms with Crippen LogP contribution in [0.15, 0.2) is 30.9 Å². The molecule has 5 nitrogen and oxygen atoms in total. The highest BCUT2D eigenvalue weighted by Gasteiger charge is 2.22. The van der Waals surface area contributed by atoms with Gasteiger partial charge in [0.2, 0.25) is 0 Å². The Balaban J connectivity index is 1.73. The minimum atomic E-state index is -0.324. The molecule has 6 heteroatoms. The van der Waals surface area contributed by atoms with Crippen LogP contribution >= 0.6 is 0 Å². The lowest BCUT2D eigenvalue weighted by molar-refractivity contribution is 0.183. The summed E-state index contributed by atoms with van der Waals surface area (Å²) in [7, 11) is 0. The number of halogens is 1. The van der Waals surface area contributed by atoms with Gasteiger partial charge in [0.1, 0.15) is 18.3 Å². The fourth-order valence-corrected chi connectivity index (χ4v) is 2.44. The summed E-state index contributed by atoms with van der Waals surface area (Å²) in [6.07, 6.45) is 3.91. The van der Waals surface area contributed by atoms with Crippen molar-refractivity contribution in [2.45, 2.75) is 19.4 Å². The van der Waals surface area contributed by atoms with E-state index in [-0.39, 0.29) is 11.9 Å². The topological polar surface area (TPSA) is 52.0 Å². The fourth-order valence-electron chi connectivity index (χ4n) is 2.44. The van der Waals surface area contributed by atoms with Gasteiger partial charge in [-0.2, -0.15) is 5.10 Å². The molecule has 2 atom stereocenters. The van der Waals surface area contributed by atoms with Crippen LogP contribution in [0.25, 0.3) is 5.69 Å². The molecular formula is C14H17FN4O. The van der Waals surface area contributed by atoms with E-state index in [0.717, 1.165) is 25.3 Å². The highest BCUT2D eigenvalue weighted by Crippen LogP contribution is 2.22. The smallest absolute Gasteiger partial charge is 0.150 e. The molecule has 1 aromatic heterocycles. The molecule has 1 N–H and O–H groups in total. The van der Waals surface area contributed by atoms with Gasteiger partial charge in [0, 0.05) is 24.3 Å². The summed E-state index contributed by atoms with van der Waals surface area (Å²) in [5, 5.41) is 7.26. The second-order valence-corrected chi connectivity index (χ2v) is 5.06. The van der Waals surface area contributed by atoms with Gasteiger partial charge in [0.15, 0.2) is 5.82 Å². The number of hydrogen-bond donors (Lipinski definition) is 1. The van der Waals surface area contributed by atoms with Gasteiger partial charge in [0.25, 0.3) is 0 Å². The third kappa shape index (κ3) is 2.65. The first-order valence-corrected chi connectivity index (χ1v) is 6.73. The van der Waals surface area contributed by atoms with Crippen LogP contribution in [0.4, 0.5) is 10.1 Å². The number of hydrogen-bond acceptors (Lipinski definition) is 4. The molecule has 2 unspecified atom stereocenters. The fraction of sp³-hybridized carbons (Fsp3) is 0.429. The van der Waals surface area contributed by atoms with Gasteiger partial charge in [-0.1, -0.05) is 0 Å². The average molecular weight is 276 g/mol. The van der Waals surface area contributed by atoms with Crippen molar-refractivity contribution in [1.29, 1.82) is 0 Å². The van der Waals surface area contributed by atoms with Gasteiger partial charge in [-0.15, -0.1) is 0 Å². The highest BCUT2D eigenvalue weighted by atomic mass is 19.1. The maximum Gasteiger partial charge on any atom is 0.150 e. The van der Waals surface area contributed by atoms with Crippen molar-refractivity contribution >= 4 is 5.69 Å². The quantitative estimate of drug-likeness (QED) is 0.930. The molecular weight excluding hydrogens is 259 g/mol. The molecule has 1 aromatic carbocycles. The molecule has 0 radical (unpaired) electrons. The third-order valence-electron chi connectivity index (χ3n) is 3.68. The van der Waals surface area contributed by atoms with Crippen molar-refractivity contribution in [1.82, 2.24) is 14.8 Å². The molecule has 0 aliphatic carbocycles. The second kappa shape index (κ2) is 5.58. The number of rotatable bonds is 4. The largest absolute Gasteiger partial charge is 0.382 e. The zero-order valence-corrected chi connectivity index (χ0v) is 11.3. The molecule has 1 saturated heterocycles. The zero-order chi connectivity index (χ0) is 13.9. The van der Waals surface area contributed by atoms with Crippen molar-refractivity contribution in [2.24, 2.45) is 5.92 Å². The van der Waals surface area contributed by atoms with E-state index in [1.54, 1.807) is 6.07 Å². The molecule has 106 valence electrons. The van der Waals surface area contributed by atoms with E-state index in [4.69, 9.17) is 4.74 Å². The highest BCUT2D eigenvalue weighted by molar-refractivity contribution is 5.50. The van der Waals surface area contributed by atoms with Crippen LogP contribution < -0.4 is 5.32 Å². The van der Waals surface area contributed by atoms with Crippen molar-refractivity contribution < 1.29 is 9.13 Å². The number of benzene rings is 1. The van der Waals surface area contributed by atoms with Gasteiger partial charge in [-0.25, -0.2) is 14.1 Å². The van der Waals surface area contributed by atoms with Crippen molar-refractivity contribution in [2.75, 3.05) is 18.5 Å². The van der Waals surface area contributed by atoms with Crippen molar-refractivity contribution in [3.05, 3.63) is 36.7 Å². The Morgan fingerprint density at radius 3 is 3.05 bits per heavy atom. The normalized spacial score (nSPS) is 20.0. The van der Waals surface area contributed by atoms with E-state index in [2.05, 4.69) is 22.3 Å². The Hall–Kier alpha value is -1.95. The predicted octanol–water partition coefficient (Wildman–Crippen LogP) is 2.24. The summed E-state index contributed by atoms with van der Waals surface area (Å²) in [5.74, 6) is 0.156. The number of nitrogens with zero attached hydrogens (tertiary/aromatic N) is 3. The van der Waals surface area contributed by atoms with Gasteiger partial charge in [-0.05, 0) is 31.5 Å². The number of ether oxygens (including phenoxy) is 1. The van der Waals surface area contributed by atoms with E-state index in [0.29, 0.717) is 11.6 Å². The van der Waals surface area contributed by atoms with E-state index in [1.165, 1.54) is 23.4 Å². The van der Waals surface area contributed by atoms with E-state index in [9.17, 15) is 4.39 Å². The van der Waals surface area contributed by atoms with Crippen LogP contribution in [0.1, 0.15) is 13.3 Å². The molecule has 2 heterocycles. The molecule has 1 fully saturated rings. The van der Waals surface area contributed by atoms with Gasteiger partial charge < -0.3 is 10.1 Å². The maximum atomic E-state index is 14.1. The molecule has 0 spiro atoms. The molecule has 0 amide bonds. The van der Waals surface area contributed by atoms with Crippen LogP contribution in [-0.2, 0) is 4.74 Å². The first kappa shape index (κ1) is 13.1. The minimum absolute atomic E-state index is 0.258. The average Bonchev–Trinajstić information content (AvgIpc) is 3.12. The van der Waals surface area contributed by atoms with Crippen LogP contribution in [-0.4, -0.2) is 34.0 Å². The van der Waals surface area contributed by atoms with Crippen LogP contribution in [0.3, 0.4) is 0 Å². The summed E-state index contributed by atoms with van der Waals surface area (Å²) in [6, 6.07) is 5.30. The monoisotopic (exact) mass is 276 g/mol. The Kier molecular flexibility index (Phi) is 3.64. The minimum Gasteiger partial charge on any atom is -0.382 e. The molecule has 20 heavy (non-hydrogen) atoms. The summed E-state index contributed by atoms with van der Waals surface area (Å²) < 4.78 is 20.9. The lowest BCUT2D eigenvalue weighted by Gasteiger charge is -2.20. The summed E-state index contributed by atoms with van der Waals surface area (Å²) in [4.78, 5) is 3.82. The zero-order valence-electron chi connectivity index (χ0n) is 11.3. The summed E-state index contributed by atoms with van der Waals surface area (Å²) >= 11 is 0. The number of anilines is 1. The molecule has 0 saturated carbocycles. The Labute approximate surface area is 116 Å². The molecule has 1 aliphatic rings. The Morgan fingerprint density at radius 2 is 2.40 bits per heavy atom. The second-order valence-electron chi connectivity index (χ2n) is 5.06. The molecule has 1 aliphatic heterocycles. The third-order valence-corrected chi connectivity index (χ3v) is 3.68. The first-order valence-electron chi connectivity index (χ1n) is 6.73. The maximum absolute atomic E-state index is 14.1. The van der Waals surface area contributed by atoms with E-state index in [1.807, 2.05) is 6.07 Å². The SMILES string of the molecule is CC(Nc1ccc(-n2cncn2)c(F)c1)C1CCOC1.